The van der Waals surface area contributed by atoms with E-state index >= 15 is 0 Å². The number of carbonyl (C=O) groups excluding carboxylic acids is 1. The molecule has 0 aliphatic rings. The molecule has 1 aromatic carbocycles. The molecule has 0 aliphatic carbocycles. The molecule has 2 aromatic rings. The Morgan fingerprint density at radius 2 is 2.20 bits per heavy atom. The van der Waals surface area contributed by atoms with E-state index in [1.165, 1.54) is 25.3 Å². The number of ketones is 1. The minimum absolute atomic E-state index is 0.170. The summed E-state index contributed by atoms with van der Waals surface area (Å²) in [5.74, 6) is -0.445. The fourth-order valence-electron chi connectivity index (χ4n) is 1.69. The van der Waals surface area contributed by atoms with Crippen LogP contribution in [-0.2, 0) is 6.61 Å². The van der Waals surface area contributed by atoms with Gasteiger partial charge in [0.2, 0.25) is 0 Å². The maximum atomic E-state index is 13.1. The van der Waals surface area contributed by atoms with Gasteiger partial charge >= 0.3 is 0 Å². The fourth-order valence-corrected chi connectivity index (χ4v) is 1.69. The van der Waals surface area contributed by atoms with Gasteiger partial charge in [0.1, 0.15) is 29.9 Å². The number of nitriles is 1. The second-order valence-electron chi connectivity index (χ2n) is 4.15. The Morgan fingerprint density at radius 3 is 2.90 bits per heavy atom. The highest BCUT2D eigenvalue weighted by molar-refractivity contribution is 5.96. The number of aromatic nitrogens is 1. The van der Waals surface area contributed by atoms with Crippen LogP contribution in [0.3, 0.4) is 0 Å². The summed E-state index contributed by atoms with van der Waals surface area (Å²) >= 11 is 0. The van der Waals surface area contributed by atoms with Gasteiger partial charge in [0.25, 0.3) is 0 Å². The van der Waals surface area contributed by atoms with Gasteiger partial charge in [-0.25, -0.2) is 9.37 Å². The number of benzene rings is 1. The number of carbonyl (C=O) groups is 1. The van der Waals surface area contributed by atoms with Crippen LogP contribution < -0.4 is 4.74 Å². The molecule has 0 radical (unpaired) electrons. The minimum Gasteiger partial charge on any atom is -0.488 e. The zero-order valence-electron chi connectivity index (χ0n) is 10.8. The molecule has 0 fully saturated rings. The first-order valence-electron chi connectivity index (χ1n) is 5.88. The highest BCUT2D eigenvalue weighted by atomic mass is 19.1. The predicted molar refractivity (Wildman–Crippen MR) is 69.7 cm³/mol. The lowest BCUT2D eigenvalue weighted by Crippen LogP contribution is -2.02. The lowest BCUT2D eigenvalue weighted by atomic mass is 10.1. The molecule has 0 aliphatic heterocycles. The lowest BCUT2D eigenvalue weighted by Gasteiger charge is -2.10. The summed E-state index contributed by atoms with van der Waals surface area (Å²) in [5.41, 5.74) is 1.23. The van der Waals surface area contributed by atoms with Crippen LogP contribution in [0.4, 0.5) is 4.39 Å². The molecule has 20 heavy (non-hydrogen) atoms. The maximum absolute atomic E-state index is 13.1. The zero-order valence-corrected chi connectivity index (χ0v) is 10.8. The van der Waals surface area contributed by atoms with Crippen molar-refractivity contribution in [3.8, 4) is 11.8 Å². The standard InChI is InChI=1S/C15H11FN2O2/c1-10(19)14-7-12(16)2-3-15(14)20-9-11-4-5-18-13(6-11)8-17/h2-7H,9H2,1H3. The summed E-state index contributed by atoms with van der Waals surface area (Å²) in [5, 5.41) is 8.76. The summed E-state index contributed by atoms with van der Waals surface area (Å²) in [6.45, 7) is 1.52. The monoisotopic (exact) mass is 270 g/mol. The Morgan fingerprint density at radius 1 is 1.40 bits per heavy atom. The van der Waals surface area contributed by atoms with Crippen molar-refractivity contribution in [1.29, 1.82) is 5.26 Å². The van der Waals surface area contributed by atoms with Crippen molar-refractivity contribution in [3.05, 3.63) is 59.2 Å². The lowest BCUT2D eigenvalue weighted by molar-refractivity contribution is 0.101. The van der Waals surface area contributed by atoms with Crippen molar-refractivity contribution in [1.82, 2.24) is 4.98 Å². The van der Waals surface area contributed by atoms with Crippen molar-refractivity contribution in [2.75, 3.05) is 0 Å². The van der Waals surface area contributed by atoms with E-state index in [-0.39, 0.29) is 23.6 Å². The summed E-state index contributed by atoms with van der Waals surface area (Å²) in [7, 11) is 0. The highest BCUT2D eigenvalue weighted by Gasteiger charge is 2.10. The second-order valence-corrected chi connectivity index (χ2v) is 4.15. The average molecular weight is 270 g/mol. The number of pyridine rings is 1. The Labute approximate surface area is 115 Å². The minimum atomic E-state index is -0.488. The molecule has 5 heteroatoms. The van der Waals surface area contributed by atoms with E-state index in [2.05, 4.69) is 4.98 Å². The molecule has 2 rings (SSSR count). The van der Waals surface area contributed by atoms with Crippen LogP contribution in [0.25, 0.3) is 0 Å². The van der Waals surface area contributed by atoms with E-state index in [0.717, 1.165) is 11.6 Å². The predicted octanol–water partition coefficient (Wildman–Crippen LogP) is 2.87. The van der Waals surface area contributed by atoms with Crippen LogP contribution in [0.15, 0.2) is 36.5 Å². The molecule has 0 bridgehead atoms. The molecular weight excluding hydrogens is 259 g/mol. The summed E-state index contributed by atoms with van der Waals surface area (Å²) in [4.78, 5) is 15.3. The van der Waals surface area contributed by atoms with E-state index in [1.807, 2.05) is 6.07 Å². The molecule has 0 spiro atoms. The van der Waals surface area contributed by atoms with Gasteiger partial charge in [0.15, 0.2) is 5.78 Å². The topological polar surface area (TPSA) is 63.0 Å². The summed E-state index contributed by atoms with van der Waals surface area (Å²) in [6.07, 6.45) is 1.51. The second kappa shape index (κ2) is 5.93. The van der Waals surface area contributed by atoms with Crippen LogP contribution in [0.1, 0.15) is 28.5 Å². The van der Waals surface area contributed by atoms with Crippen molar-refractivity contribution >= 4 is 5.78 Å². The molecule has 0 saturated carbocycles. The Bertz CT molecular complexity index is 693. The van der Waals surface area contributed by atoms with Gasteiger partial charge < -0.3 is 4.74 Å². The maximum Gasteiger partial charge on any atom is 0.163 e. The van der Waals surface area contributed by atoms with Crippen LogP contribution in [0.5, 0.6) is 5.75 Å². The quantitative estimate of drug-likeness (QED) is 0.801. The first-order chi connectivity index (χ1) is 9.60. The smallest absolute Gasteiger partial charge is 0.163 e. The van der Waals surface area contributed by atoms with Crippen LogP contribution in [0, 0.1) is 17.1 Å². The number of Topliss-reactive ketones (excluding diaryl/α,β-unsaturated/α-hetero) is 1. The van der Waals surface area contributed by atoms with E-state index in [0.29, 0.717) is 5.75 Å². The first kappa shape index (κ1) is 13.7. The Kier molecular flexibility index (Phi) is 4.06. The van der Waals surface area contributed by atoms with Crippen molar-refractivity contribution in [3.63, 3.8) is 0 Å². The number of rotatable bonds is 4. The molecule has 1 aromatic heterocycles. The Hall–Kier alpha value is -2.74. The molecule has 0 N–H and O–H groups in total. The van der Waals surface area contributed by atoms with Crippen molar-refractivity contribution in [2.45, 2.75) is 13.5 Å². The van der Waals surface area contributed by atoms with Gasteiger partial charge in [-0.2, -0.15) is 5.26 Å². The average Bonchev–Trinajstić information content (AvgIpc) is 2.46. The third-order valence-electron chi connectivity index (χ3n) is 2.65. The summed E-state index contributed by atoms with van der Waals surface area (Å²) in [6, 6.07) is 9.02. The van der Waals surface area contributed by atoms with E-state index < -0.39 is 5.82 Å². The largest absolute Gasteiger partial charge is 0.488 e. The van der Waals surface area contributed by atoms with Gasteiger partial charge in [-0.1, -0.05) is 0 Å². The molecule has 100 valence electrons. The van der Waals surface area contributed by atoms with Gasteiger partial charge in [-0.05, 0) is 42.8 Å². The highest BCUT2D eigenvalue weighted by Crippen LogP contribution is 2.21. The van der Waals surface area contributed by atoms with Crippen LogP contribution in [-0.4, -0.2) is 10.8 Å². The van der Waals surface area contributed by atoms with Gasteiger partial charge in [-0.3, -0.25) is 4.79 Å². The van der Waals surface area contributed by atoms with Crippen molar-refractivity contribution in [2.24, 2.45) is 0 Å². The third kappa shape index (κ3) is 3.18. The van der Waals surface area contributed by atoms with Crippen LogP contribution >= 0.6 is 0 Å². The number of nitrogens with zero attached hydrogens (tertiary/aromatic N) is 2. The van der Waals surface area contributed by atoms with E-state index in [1.54, 1.807) is 12.1 Å². The SMILES string of the molecule is CC(=O)c1cc(F)ccc1OCc1ccnc(C#N)c1. The third-order valence-corrected chi connectivity index (χ3v) is 2.65. The van der Waals surface area contributed by atoms with Gasteiger partial charge in [0, 0.05) is 6.20 Å². The molecule has 0 atom stereocenters. The molecule has 1 heterocycles. The van der Waals surface area contributed by atoms with Gasteiger partial charge in [0.05, 0.1) is 5.56 Å². The molecule has 0 unspecified atom stereocenters. The zero-order chi connectivity index (χ0) is 14.5. The Balaban J connectivity index is 2.19. The first-order valence-corrected chi connectivity index (χ1v) is 5.88. The normalized spacial score (nSPS) is 9.85. The molecule has 0 saturated heterocycles. The molecule has 4 nitrogen and oxygen atoms in total. The number of ether oxygens (including phenoxy) is 1. The fraction of sp³-hybridized carbons (Fsp3) is 0.133. The van der Waals surface area contributed by atoms with Crippen molar-refractivity contribution < 1.29 is 13.9 Å². The van der Waals surface area contributed by atoms with E-state index in [9.17, 15) is 9.18 Å². The number of hydrogen-bond donors (Lipinski definition) is 0. The summed E-state index contributed by atoms with van der Waals surface area (Å²) < 4.78 is 18.6. The van der Waals surface area contributed by atoms with Gasteiger partial charge in [-0.15, -0.1) is 0 Å². The molecular formula is C15H11FN2O2. The van der Waals surface area contributed by atoms with E-state index in [4.69, 9.17) is 10.00 Å². The molecule has 0 amide bonds. The van der Waals surface area contributed by atoms with Crippen LogP contribution in [0.2, 0.25) is 0 Å². The number of halogens is 1. The number of hydrogen-bond acceptors (Lipinski definition) is 4.